The van der Waals surface area contributed by atoms with E-state index in [1.165, 1.54) is 6.08 Å². The Labute approximate surface area is 175 Å². The van der Waals surface area contributed by atoms with E-state index < -0.39 is 0 Å². The normalized spacial score (nSPS) is 9.93. The van der Waals surface area contributed by atoms with Gasteiger partial charge in [0.1, 0.15) is 29.2 Å². The van der Waals surface area contributed by atoms with Gasteiger partial charge < -0.3 is 9.32 Å². The molecule has 0 saturated heterocycles. The maximum atomic E-state index is 8.89. The standard InChI is InChI=1S/C26H17N3O/c27-18-20(19-28)17-25-15-16-26(30-25)21-11-13-24(14-12-21)29(22-7-3-1-4-8-22)23-9-5-2-6-10-23/h1-17H. The molecule has 1 aromatic heterocycles. The quantitative estimate of drug-likeness (QED) is 0.351. The number of para-hydroxylation sites is 2. The zero-order valence-electron chi connectivity index (χ0n) is 16.1. The second kappa shape index (κ2) is 8.65. The van der Waals surface area contributed by atoms with Crippen LogP contribution in [0.4, 0.5) is 17.1 Å². The first-order valence-electron chi connectivity index (χ1n) is 9.41. The highest BCUT2D eigenvalue weighted by atomic mass is 16.3. The fourth-order valence-corrected chi connectivity index (χ4v) is 3.19. The summed E-state index contributed by atoms with van der Waals surface area (Å²) in [4.78, 5) is 2.19. The lowest BCUT2D eigenvalue weighted by atomic mass is 10.1. The molecule has 0 unspecified atom stereocenters. The first kappa shape index (κ1) is 18.8. The molecule has 0 aliphatic rings. The molecule has 142 valence electrons. The molecule has 0 N–H and O–H groups in total. The summed E-state index contributed by atoms with van der Waals surface area (Å²) in [6.07, 6.45) is 1.43. The third-order valence-electron chi connectivity index (χ3n) is 4.59. The van der Waals surface area contributed by atoms with Gasteiger partial charge in [-0.1, -0.05) is 36.4 Å². The Bertz CT molecular complexity index is 1190. The van der Waals surface area contributed by atoms with Gasteiger partial charge >= 0.3 is 0 Å². The first-order valence-corrected chi connectivity index (χ1v) is 9.41. The monoisotopic (exact) mass is 387 g/mol. The molecule has 0 amide bonds. The minimum atomic E-state index is 0.00705. The van der Waals surface area contributed by atoms with Crippen molar-refractivity contribution in [3.05, 3.63) is 108 Å². The Kier molecular flexibility index (Phi) is 5.42. The lowest BCUT2D eigenvalue weighted by molar-refractivity contribution is 0.571. The van der Waals surface area contributed by atoms with Crippen molar-refractivity contribution in [3.63, 3.8) is 0 Å². The van der Waals surface area contributed by atoms with Crippen LogP contribution in [0.5, 0.6) is 0 Å². The predicted octanol–water partition coefficient (Wildman–Crippen LogP) is 6.85. The summed E-state index contributed by atoms with van der Waals surface area (Å²) in [5, 5.41) is 17.8. The lowest BCUT2D eigenvalue weighted by Crippen LogP contribution is -2.09. The smallest absolute Gasteiger partial charge is 0.134 e. The number of anilines is 3. The van der Waals surface area contributed by atoms with Gasteiger partial charge in [0.2, 0.25) is 0 Å². The summed E-state index contributed by atoms with van der Waals surface area (Å²) in [7, 11) is 0. The average molecular weight is 387 g/mol. The maximum Gasteiger partial charge on any atom is 0.134 e. The fourth-order valence-electron chi connectivity index (χ4n) is 3.19. The summed E-state index contributed by atoms with van der Waals surface area (Å²) >= 11 is 0. The highest BCUT2D eigenvalue weighted by Gasteiger charge is 2.12. The number of allylic oxidation sites excluding steroid dienone is 1. The number of rotatable bonds is 5. The fraction of sp³-hybridized carbons (Fsp3) is 0. The predicted molar refractivity (Wildman–Crippen MR) is 118 cm³/mol. The second-order valence-corrected chi connectivity index (χ2v) is 6.54. The zero-order chi connectivity index (χ0) is 20.8. The van der Waals surface area contributed by atoms with Crippen LogP contribution in [-0.4, -0.2) is 0 Å². The molecule has 3 aromatic carbocycles. The Hall–Kier alpha value is -4.54. The van der Waals surface area contributed by atoms with Gasteiger partial charge in [-0.15, -0.1) is 0 Å². The molecule has 0 fully saturated rings. The summed E-state index contributed by atoms with van der Waals surface area (Å²) in [6, 6.07) is 35.7. The zero-order valence-corrected chi connectivity index (χ0v) is 16.1. The van der Waals surface area contributed by atoms with Gasteiger partial charge in [-0.3, -0.25) is 0 Å². The minimum Gasteiger partial charge on any atom is -0.457 e. The van der Waals surface area contributed by atoms with Crippen molar-refractivity contribution in [2.75, 3.05) is 4.90 Å². The van der Waals surface area contributed by atoms with Crippen LogP contribution in [0.3, 0.4) is 0 Å². The number of nitrogens with zero attached hydrogens (tertiary/aromatic N) is 3. The Balaban J connectivity index is 1.67. The van der Waals surface area contributed by atoms with Gasteiger partial charge in [0.05, 0.1) is 0 Å². The van der Waals surface area contributed by atoms with Crippen LogP contribution in [0.25, 0.3) is 17.4 Å². The van der Waals surface area contributed by atoms with Crippen LogP contribution in [0, 0.1) is 22.7 Å². The SMILES string of the molecule is N#CC(C#N)=Cc1ccc(-c2ccc(N(c3ccccc3)c3ccccc3)cc2)o1. The largest absolute Gasteiger partial charge is 0.457 e. The van der Waals surface area contributed by atoms with Crippen LogP contribution in [-0.2, 0) is 0 Å². The number of furan rings is 1. The third kappa shape index (κ3) is 3.99. The molecule has 4 heteroatoms. The van der Waals surface area contributed by atoms with Crippen LogP contribution in [0.15, 0.2) is 107 Å². The molecular weight excluding hydrogens is 370 g/mol. The highest BCUT2D eigenvalue weighted by Crippen LogP contribution is 2.35. The Morgan fingerprint density at radius 3 is 1.73 bits per heavy atom. The molecule has 30 heavy (non-hydrogen) atoms. The summed E-state index contributed by atoms with van der Waals surface area (Å²) in [5.74, 6) is 1.15. The molecule has 0 atom stereocenters. The van der Waals surface area contributed by atoms with E-state index in [1.54, 1.807) is 6.07 Å². The number of hydrogen-bond donors (Lipinski definition) is 0. The number of benzene rings is 3. The van der Waals surface area contributed by atoms with E-state index in [1.807, 2.05) is 78.9 Å². The van der Waals surface area contributed by atoms with Crippen molar-refractivity contribution in [2.24, 2.45) is 0 Å². The molecule has 1 heterocycles. The van der Waals surface area contributed by atoms with Gasteiger partial charge in [0, 0.05) is 28.7 Å². The lowest BCUT2D eigenvalue weighted by Gasteiger charge is -2.25. The maximum absolute atomic E-state index is 8.89. The second-order valence-electron chi connectivity index (χ2n) is 6.54. The van der Waals surface area contributed by atoms with E-state index >= 15 is 0 Å². The minimum absolute atomic E-state index is 0.00705. The molecular formula is C26H17N3O. The molecule has 4 nitrogen and oxygen atoms in total. The van der Waals surface area contributed by atoms with Crippen LogP contribution >= 0.6 is 0 Å². The topological polar surface area (TPSA) is 64.0 Å². The van der Waals surface area contributed by atoms with Crippen molar-refractivity contribution >= 4 is 23.1 Å². The molecule has 0 saturated carbocycles. The van der Waals surface area contributed by atoms with Crippen molar-refractivity contribution < 1.29 is 4.42 Å². The Morgan fingerprint density at radius 1 is 0.667 bits per heavy atom. The van der Waals surface area contributed by atoms with Crippen molar-refractivity contribution in [1.82, 2.24) is 0 Å². The number of nitriles is 2. The van der Waals surface area contributed by atoms with Crippen molar-refractivity contribution in [2.45, 2.75) is 0 Å². The van der Waals surface area contributed by atoms with E-state index in [-0.39, 0.29) is 5.57 Å². The van der Waals surface area contributed by atoms with Crippen molar-refractivity contribution in [1.29, 1.82) is 10.5 Å². The first-order chi connectivity index (χ1) is 14.8. The summed E-state index contributed by atoms with van der Waals surface area (Å²) in [6.45, 7) is 0. The van der Waals surface area contributed by atoms with E-state index in [0.29, 0.717) is 11.5 Å². The van der Waals surface area contributed by atoms with Gasteiger partial charge in [0.25, 0.3) is 0 Å². The molecule has 4 rings (SSSR count). The van der Waals surface area contributed by atoms with Crippen LogP contribution < -0.4 is 4.90 Å². The summed E-state index contributed by atoms with van der Waals surface area (Å²) < 4.78 is 5.78. The average Bonchev–Trinajstić information content (AvgIpc) is 3.28. The molecule has 0 spiro atoms. The van der Waals surface area contributed by atoms with Crippen LogP contribution in [0.1, 0.15) is 5.76 Å². The van der Waals surface area contributed by atoms with E-state index in [9.17, 15) is 0 Å². The highest BCUT2D eigenvalue weighted by molar-refractivity contribution is 5.77. The van der Waals surface area contributed by atoms with E-state index in [0.717, 1.165) is 22.6 Å². The van der Waals surface area contributed by atoms with Gasteiger partial charge in [-0.05, 0) is 60.7 Å². The van der Waals surface area contributed by atoms with E-state index in [4.69, 9.17) is 14.9 Å². The third-order valence-corrected chi connectivity index (χ3v) is 4.59. The van der Waals surface area contributed by atoms with Gasteiger partial charge in [-0.2, -0.15) is 10.5 Å². The molecule has 0 aliphatic heterocycles. The molecule has 0 aliphatic carbocycles. The van der Waals surface area contributed by atoms with Crippen LogP contribution in [0.2, 0.25) is 0 Å². The Morgan fingerprint density at radius 2 is 1.20 bits per heavy atom. The van der Waals surface area contributed by atoms with Gasteiger partial charge in [-0.25, -0.2) is 0 Å². The number of hydrogen-bond acceptors (Lipinski definition) is 4. The van der Waals surface area contributed by atoms with E-state index in [2.05, 4.69) is 29.2 Å². The molecule has 0 bridgehead atoms. The van der Waals surface area contributed by atoms with Crippen molar-refractivity contribution in [3.8, 4) is 23.5 Å². The van der Waals surface area contributed by atoms with Gasteiger partial charge in [0.15, 0.2) is 0 Å². The molecule has 4 aromatic rings. The molecule has 0 radical (unpaired) electrons. The summed E-state index contributed by atoms with van der Waals surface area (Å²) in [5.41, 5.74) is 4.09.